The summed E-state index contributed by atoms with van der Waals surface area (Å²) in [4.78, 5) is 4.39. The Labute approximate surface area is 119 Å². The van der Waals surface area contributed by atoms with Crippen LogP contribution in [0.15, 0.2) is 22.7 Å². The van der Waals surface area contributed by atoms with Gasteiger partial charge in [-0.05, 0) is 18.2 Å². The first kappa shape index (κ1) is 13.8. The zero-order valence-electron chi connectivity index (χ0n) is 9.73. The monoisotopic (exact) mass is 350 g/mol. The van der Waals surface area contributed by atoms with Crippen LogP contribution in [0, 0.1) is 0 Å². The SMILES string of the molecule is CS(=O)(=O)CCn1c(CCl)nc2ccc(Br)cc21. The molecule has 0 radical (unpaired) electrons. The molecule has 0 saturated heterocycles. The Hall–Kier alpha value is -0.590. The van der Waals surface area contributed by atoms with E-state index in [1.54, 1.807) is 0 Å². The number of aryl methyl sites for hydroxylation is 1. The first-order chi connectivity index (χ1) is 8.40. The average Bonchev–Trinajstić information content (AvgIpc) is 2.62. The van der Waals surface area contributed by atoms with Gasteiger partial charge in [0, 0.05) is 17.3 Å². The van der Waals surface area contributed by atoms with E-state index in [1.807, 2.05) is 22.8 Å². The van der Waals surface area contributed by atoms with Crippen LogP contribution in [0.5, 0.6) is 0 Å². The summed E-state index contributed by atoms with van der Waals surface area (Å²) >= 11 is 9.24. The Balaban J connectivity index is 2.49. The predicted octanol–water partition coefficient (Wildman–Crippen LogP) is 2.58. The number of alkyl halides is 1. The fourth-order valence-electron chi connectivity index (χ4n) is 1.75. The van der Waals surface area contributed by atoms with Crippen LogP contribution >= 0.6 is 27.5 Å². The van der Waals surface area contributed by atoms with Crippen LogP contribution in [-0.4, -0.2) is 30.0 Å². The second-order valence-corrected chi connectivity index (χ2v) is 7.52. The Morgan fingerprint density at radius 1 is 1.44 bits per heavy atom. The molecule has 7 heteroatoms. The molecule has 0 aliphatic rings. The number of hydrogen-bond acceptors (Lipinski definition) is 3. The largest absolute Gasteiger partial charge is 0.326 e. The molecule has 0 bridgehead atoms. The van der Waals surface area contributed by atoms with Gasteiger partial charge in [0.05, 0.1) is 22.7 Å². The van der Waals surface area contributed by atoms with E-state index in [4.69, 9.17) is 11.6 Å². The molecule has 0 fully saturated rings. The van der Waals surface area contributed by atoms with Gasteiger partial charge in [-0.3, -0.25) is 0 Å². The maximum atomic E-state index is 11.3. The second-order valence-electron chi connectivity index (χ2n) is 4.08. The lowest BCUT2D eigenvalue weighted by Gasteiger charge is -2.06. The van der Waals surface area contributed by atoms with Crippen molar-refractivity contribution in [3.8, 4) is 0 Å². The lowest BCUT2D eigenvalue weighted by atomic mass is 10.3. The number of fused-ring (bicyclic) bond motifs is 1. The summed E-state index contributed by atoms with van der Waals surface area (Å²) in [5, 5.41) is 0. The van der Waals surface area contributed by atoms with Crippen LogP contribution in [0.3, 0.4) is 0 Å². The Morgan fingerprint density at radius 2 is 2.17 bits per heavy atom. The van der Waals surface area contributed by atoms with Gasteiger partial charge >= 0.3 is 0 Å². The maximum Gasteiger partial charge on any atom is 0.149 e. The van der Waals surface area contributed by atoms with Crippen molar-refractivity contribution < 1.29 is 8.42 Å². The summed E-state index contributed by atoms with van der Waals surface area (Å²) in [5.74, 6) is 1.03. The van der Waals surface area contributed by atoms with Gasteiger partial charge in [-0.2, -0.15) is 0 Å². The van der Waals surface area contributed by atoms with Gasteiger partial charge in [0.25, 0.3) is 0 Å². The molecule has 0 atom stereocenters. The highest BCUT2D eigenvalue weighted by atomic mass is 79.9. The standard InChI is InChI=1S/C11H12BrClN2O2S/c1-18(16,17)5-4-15-10-6-8(12)2-3-9(10)14-11(15)7-13/h2-3,6H,4-5,7H2,1H3. The van der Waals surface area contributed by atoms with E-state index < -0.39 is 9.84 Å². The topological polar surface area (TPSA) is 52.0 Å². The van der Waals surface area contributed by atoms with E-state index in [-0.39, 0.29) is 11.6 Å². The van der Waals surface area contributed by atoms with Gasteiger partial charge in [-0.1, -0.05) is 15.9 Å². The summed E-state index contributed by atoms with van der Waals surface area (Å²) in [6.45, 7) is 0.369. The normalized spacial score (nSPS) is 12.2. The number of benzene rings is 1. The van der Waals surface area contributed by atoms with Crippen molar-refractivity contribution >= 4 is 48.4 Å². The van der Waals surface area contributed by atoms with Crippen LogP contribution in [0.25, 0.3) is 11.0 Å². The second kappa shape index (κ2) is 5.19. The first-order valence-corrected chi connectivity index (χ1v) is 8.68. The molecule has 0 aliphatic heterocycles. The third kappa shape index (κ3) is 3.05. The minimum absolute atomic E-state index is 0.0782. The molecule has 4 nitrogen and oxygen atoms in total. The minimum atomic E-state index is -3.01. The molecule has 2 aromatic rings. The van der Waals surface area contributed by atoms with Crippen molar-refractivity contribution in [2.24, 2.45) is 0 Å². The number of rotatable bonds is 4. The third-order valence-corrected chi connectivity index (χ3v) is 4.25. The highest BCUT2D eigenvalue weighted by Gasteiger charge is 2.12. The first-order valence-electron chi connectivity index (χ1n) is 5.29. The highest BCUT2D eigenvalue weighted by Crippen LogP contribution is 2.22. The molecule has 1 aromatic carbocycles. The van der Waals surface area contributed by atoms with Crippen molar-refractivity contribution in [2.45, 2.75) is 12.4 Å². The van der Waals surface area contributed by atoms with Gasteiger partial charge < -0.3 is 4.57 Å². The van der Waals surface area contributed by atoms with Crippen molar-refractivity contribution in [3.05, 3.63) is 28.5 Å². The van der Waals surface area contributed by atoms with Gasteiger partial charge in [0.2, 0.25) is 0 Å². The summed E-state index contributed by atoms with van der Waals surface area (Å²) in [6.07, 6.45) is 1.22. The lowest BCUT2D eigenvalue weighted by Crippen LogP contribution is -2.12. The van der Waals surface area contributed by atoms with Crippen LogP contribution in [0.2, 0.25) is 0 Å². The van der Waals surface area contributed by atoms with Crippen LogP contribution < -0.4 is 0 Å². The molecular formula is C11H12BrClN2O2S. The predicted molar refractivity (Wildman–Crippen MR) is 76.7 cm³/mol. The number of hydrogen-bond donors (Lipinski definition) is 0. The fourth-order valence-corrected chi connectivity index (χ4v) is 2.82. The van der Waals surface area contributed by atoms with Crippen LogP contribution in [0.1, 0.15) is 5.82 Å². The molecule has 18 heavy (non-hydrogen) atoms. The molecule has 1 heterocycles. The summed E-state index contributed by atoms with van der Waals surface area (Å²) in [7, 11) is -3.01. The zero-order chi connectivity index (χ0) is 13.3. The third-order valence-electron chi connectivity index (χ3n) is 2.59. The molecule has 0 saturated carbocycles. The lowest BCUT2D eigenvalue weighted by molar-refractivity contribution is 0.594. The van der Waals surface area contributed by atoms with Gasteiger partial charge in [-0.15, -0.1) is 11.6 Å². The van der Waals surface area contributed by atoms with E-state index >= 15 is 0 Å². The van der Waals surface area contributed by atoms with Gasteiger partial charge in [0.15, 0.2) is 0 Å². The maximum absolute atomic E-state index is 11.3. The van der Waals surface area contributed by atoms with Crippen LogP contribution in [-0.2, 0) is 22.3 Å². The summed E-state index contributed by atoms with van der Waals surface area (Å²) < 4.78 is 25.3. The zero-order valence-corrected chi connectivity index (χ0v) is 12.9. The fraction of sp³-hybridized carbons (Fsp3) is 0.364. The average molecular weight is 352 g/mol. The Morgan fingerprint density at radius 3 is 2.78 bits per heavy atom. The van der Waals surface area contributed by atoms with E-state index in [1.165, 1.54) is 6.26 Å². The Bertz CT molecular complexity index is 682. The van der Waals surface area contributed by atoms with Crippen molar-refractivity contribution in [1.82, 2.24) is 9.55 Å². The van der Waals surface area contributed by atoms with Crippen molar-refractivity contribution in [3.63, 3.8) is 0 Å². The highest BCUT2D eigenvalue weighted by molar-refractivity contribution is 9.10. The molecule has 0 aliphatic carbocycles. The van der Waals surface area contributed by atoms with E-state index in [9.17, 15) is 8.42 Å². The molecular weight excluding hydrogens is 340 g/mol. The number of nitrogens with zero attached hydrogens (tertiary/aromatic N) is 2. The number of imidazole rings is 1. The van der Waals surface area contributed by atoms with E-state index in [0.29, 0.717) is 12.4 Å². The number of aromatic nitrogens is 2. The van der Waals surface area contributed by atoms with Crippen LogP contribution in [0.4, 0.5) is 0 Å². The molecule has 0 unspecified atom stereocenters. The van der Waals surface area contributed by atoms with E-state index in [0.717, 1.165) is 15.5 Å². The molecule has 0 N–H and O–H groups in total. The van der Waals surface area contributed by atoms with Gasteiger partial charge in [-0.25, -0.2) is 13.4 Å². The molecule has 1 aromatic heterocycles. The summed E-state index contributed by atoms with van der Waals surface area (Å²) in [5.41, 5.74) is 1.71. The quantitative estimate of drug-likeness (QED) is 0.796. The van der Waals surface area contributed by atoms with Crippen molar-refractivity contribution in [2.75, 3.05) is 12.0 Å². The van der Waals surface area contributed by atoms with E-state index in [2.05, 4.69) is 20.9 Å². The molecule has 98 valence electrons. The Kier molecular flexibility index (Phi) is 3.99. The molecule has 0 spiro atoms. The molecule has 2 rings (SSSR count). The molecule has 0 amide bonds. The summed E-state index contributed by atoms with van der Waals surface area (Å²) in [6, 6.07) is 5.70. The number of halogens is 2. The van der Waals surface area contributed by atoms with Gasteiger partial charge in [0.1, 0.15) is 15.7 Å². The van der Waals surface area contributed by atoms with Crippen molar-refractivity contribution in [1.29, 1.82) is 0 Å². The minimum Gasteiger partial charge on any atom is -0.326 e. The number of sulfone groups is 1. The smallest absolute Gasteiger partial charge is 0.149 e.